The maximum atomic E-state index is 12.3. The molecule has 1 N–H and O–H groups in total. The molecule has 3 heterocycles. The number of H-pyrrole nitrogens is 1. The van der Waals surface area contributed by atoms with Crippen LogP contribution in [0, 0.1) is 11.8 Å². The third kappa shape index (κ3) is 2.80. The second-order valence-electron chi connectivity index (χ2n) is 8.24. The van der Waals surface area contributed by atoms with Crippen molar-refractivity contribution >= 4 is 22.7 Å². The fourth-order valence-electron chi connectivity index (χ4n) is 4.87. The van der Waals surface area contributed by atoms with E-state index in [-0.39, 0.29) is 5.91 Å². The van der Waals surface area contributed by atoms with Gasteiger partial charge in [0.1, 0.15) is 5.82 Å². The summed E-state index contributed by atoms with van der Waals surface area (Å²) in [5.74, 6) is 2.78. The summed E-state index contributed by atoms with van der Waals surface area (Å²) in [5, 5.41) is 8.95. The number of aromatic amines is 1. The number of carbonyl (C=O) groups is 1. The van der Waals surface area contributed by atoms with Gasteiger partial charge < -0.3 is 9.88 Å². The second-order valence-corrected chi connectivity index (χ2v) is 8.24. The standard InChI is InChI=1S/C20H26N6O/c1-3-14-8-15(25(12(2)27)11-13-4-5-13)9-16(14)20-24-23-18-10-22-19-17(26(18)20)6-7-21-19/h6-7,10,13-16,21H,3-5,8-9,11H2,1-2H3. The van der Waals surface area contributed by atoms with Crippen LogP contribution >= 0.6 is 0 Å². The van der Waals surface area contributed by atoms with Gasteiger partial charge in [0.05, 0.1) is 11.7 Å². The number of nitrogens with zero attached hydrogens (tertiary/aromatic N) is 5. The van der Waals surface area contributed by atoms with E-state index in [1.165, 1.54) is 12.8 Å². The van der Waals surface area contributed by atoms with Crippen LogP contribution in [0.5, 0.6) is 0 Å². The quantitative estimate of drug-likeness (QED) is 0.752. The zero-order chi connectivity index (χ0) is 18.5. The number of hydrogen-bond donors (Lipinski definition) is 1. The molecule has 27 heavy (non-hydrogen) atoms. The van der Waals surface area contributed by atoms with Crippen LogP contribution in [0.15, 0.2) is 18.5 Å². The van der Waals surface area contributed by atoms with Crippen molar-refractivity contribution in [1.82, 2.24) is 29.5 Å². The van der Waals surface area contributed by atoms with Gasteiger partial charge in [0.15, 0.2) is 11.3 Å². The summed E-state index contributed by atoms with van der Waals surface area (Å²) >= 11 is 0. The maximum Gasteiger partial charge on any atom is 0.219 e. The minimum absolute atomic E-state index is 0.214. The van der Waals surface area contributed by atoms with Crippen molar-refractivity contribution in [3.05, 3.63) is 24.3 Å². The molecule has 1 amide bonds. The average molecular weight is 366 g/mol. The molecular formula is C20H26N6O. The summed E-state index contributed by atoms with van der Waals surface area (Å²) in [6.45, 7) is 4.89. The average Bonchev–Trinajstić information content (AvgIpc) is 3.07. The summed E-state index contributed by atoms with van der Waals surface area (Å²) in [7, 11) is 0. The van der Waals surface area contributed by atoms with E-state index in [2.05, 4.69) is 36.4 Å². The number of nitrogens with one attached hydrogen (secondary N) is 1. The van der Waals surface area contributed by atoms with Crippen molar-refractivity contribution in [3.8, 4) is 0 Å². The predicted octanol–water partition coefficient (Wildman–Crippen LogP) is 3.14. The molecule has 5 rings (SSSR count). The molecule has 3 aromatic heterocycles. The lowest BCUT2D eigenvalue weighted by Crippen LogP contribution is -2.39. The predicted molar refractivity (Wildman–Crippen MR) is 102 cm³/mol. The van der Waals surface area contributed by atoms with E-state index in [1.54, 1.807) is 13.1 Å². The van der Waals surface area contributed by atoms with E-state index in [0.29, 0.717) is 23.8 Å². The smallest absolute Gasteiger partial charge is 0.219 e. The van der Waals surface area contributed by atoms with Gasteiger partial charge in [-0.15, -0.1) is 10.2 Å². The van der Waals surface area contributed by atoms with Crippen LogP contribution in [0.1, 0.15) is 57.7 Å². The van der Waals surface area contributed by atoms with Crippen LogP contribution < -0.4 is 0 Å². The van der Waals surface area contributed by atoms with Crippen LogP contribution in [-0.2, 0) is 4.79 Å². The topological polar surface area (TPSA) is 79.2 Å². The van der Waals surface area contributed by atoms with E-state index in [0.717, 1.165) is 48.4 Å². The molecule has 142 valence electrons. The number of aromatic nitrogens is 5. The molecule has 3 unspecified atom stereocenters. The Morgan fingerprint density at radius 1 is 1.33 bits per heavy atom. The number of rotatable bonds is 5. The Balaban J connectivity index is 1.51. The molecule has 0 aliphatic heterocycles. The molecule has 0 saturated heterocycles. The summed E-state index contributed by atoms with van der Waals surface area (Å²) in [6, 6.07) is 2.35. The first-order chi connectivity index (χ1) is 13.2. The van der Waals surface area contributed by atoms with Gasteiger partial charge in [0.25, 0.3) is 0 Å². The fraction of sp³-hybridized carbons (Fsp3) is 0.600. The summed E-state index contributed by atoms with van der Waals surface area (Å²) < 4.78 is 2.15. The van der Waals surface area contributed by atoms with Crippen molar-refractivity contribution in [1.29, 1.82) is 0 Å². The number of amides is 1. The van der Waals surface area contributed by atoms with Gasteiger partial charge in [0, 0.05) is 31.6 Å². The molecule has 2 saturated carbocycles. The third-order valence-corrected chi connectivity index (χ3v) is 6.49. The van der Waals surface area contributed by atoms with E-state index in [9.17, 15) is 4.79 Å². The van der Waals surface area contributed by atoms with E-state index in [4.69, 9.17) is 0 Å². The van der Waals surface area contributed by atoms with Crippen molar-refractivity contribution in [3.63, 3.8) is 0 Å². The Bertz CT molecular complexity index is 987. The Morgan fingerprint density at radius 3 is 2.93 bits per heavy atom. The summed E-state index contributed by atoms with van der Waals surface area (Å²) in [4.78, 5) is 22.0. The zero-order valence-electron chi connectivity index (χ0n) is 15.9. The lowest BCUT2D eigenvalue weighted by atomic mass is 9.93. The number of hydrogen-bond acceptors (Lipinski definition) is 4. The molecule has 0 radical (unpaired) electrons. The van der Waals surface area contributed by atoms with Crippen LogP contribution in [-0.4, -0.2) is 48.0 Å². The van der Waals surface area contributed by atoms with Gasteiger partial charge in [-0.3, -0.25) is 9.20 Å². The van der Waals surface area contributed by atoms with Crippen LogP contribution in [0.4, 0.5) is 0 Å². The first-order valence-electron chi connectivity index (χ1n) is 10.1. The largest absolute Gasteiger partial charge is 0.345 e. The fourth-order valence-corrected chi connectivity index (χ4v) is 4.87. The molecule has 7 heteroatoms. The van der Waals surface area contributed by atoms with Crippen LogP contribution in [0.2, 0.25) is 0 Å². The normalized spacial score (nSPS) is 25.5. The molecule has 7 nitrogen and oxygen atoms in total. The molecule has 3 atom stereocenters. The highest BCUT2D eigenvalue weighted by Crippen LogP contribution is 2.44. The van der Waals surface area contributed by atoms with Gasteiger partial charge in [0.2, 0.25) is 5.91 Å². The van der Waals surface area contributed by atoms with Gasteiger partial charge >= 0.3 is 0 Å². The first kappa shape index (κ1) is 16.7. The van der Waals surface area contributed by atoms with Crippen molar-refractivity contribution < 1.29 is 4.79 Å². The first-order valence-corrected chi connectivity index (χ1v) is 10.1. The monoisotopic (exact) mass is 366 g/mol. The number of fused-ring (bicyclic) bond motifs is 3. The molecular weight excluding hydrogens is 340 g/mol. The van der Waals surface area contributed by atoms with Crippen LogP contribution in [0.3, 0.4) is 0 Å². The second kappa shape index (κ2) is 6.32. The minimum Gasteiger partial charge on any atom is -0.345 e. The summed E-state index contributed by atoms with van der Waals surface area (Å²) in [5.41, 5.74) is 2.66. The zero-order valence-corrected chi connectivity index (χ0v) is 15.9. The van der Waals surface area contributed by atoms with E-state index in [1.807, 2.05) is 12.3 Å². The lowest BCUT2D eigenvalue weighted by Gasteiger charge is -2.28. The van der Waals surface area contributed by atoms with Gasteiger partial charge in [-0.2, -0.15) is 0 Å². The molecule has 0 bridgehead atoms. The van der Waals surface area contributed by atoms with Gasteiger partial charge in [-0.1, -0.05) is 13.3 Å². The Kier molecular flexibility index (Phi) is 3.91. The Labute approximate surface area is 158 Å². The highest BCUT2D eigenvalue weighted by atomic mass is 16.2. The third-order valence-electron chi connectivity index (χ3n) is 6.49. The molecule has 2 fully saturated rings. The Hall–Kier alpha value is -2.44. The molecule has 2 aliphatic carbocycles. The minimum atomic E-state index is 0.214. The van der Waals surface area contributed by atoms with Crippen molar-refractivity contribution in [2.24, 2.45) is 11.8 Å². The van der Waals surface area contributed by atoms with E-state index >= 15 is 0 Å². The molecule has 3 aromatic rings. The van der Waals surface area contributed by atoms with Crippen molar-refractivity contribution in [2.45, 2.75) is 57.9 Å². The number of carbonyl (C=O) groups excluding carboxylic acids is 1. The molecule has 2 aliphatic rings. The van der Waals surface area contributed by atoms with E-state index < -0.39 is 0 Å². The highest BCUT2D eigenvalue weighted by molar-refractivity contribution is 5.75. The molecule has 0 aromatic carbocycles. The van der Waals surface area contributed by atoms with Crippen LogP contribution in [0.25, 0.3) is 16.8 Å². The van der Waals surface area contributed by atoms with Crippen molar-refractivity contribution in [2.75, 3.05) is 6.54 Å². The SMILES string of the molecule is CCC1CC(N(CC2CC2)C(C)=O)CC1c1nnc2cnc3[nH]ccc3n12. The van der Waals surface area contributed by atoms with Gasteiger partial charge in [-0.25, -0.2) is 4.98 Å². The lowest BCUT2D eigenvalue weighted by molar-refractivity contribution is -0.131. The van der Waals surface area contributed by atoms with Gasteiger partial charge in [-0.05, 0) is 43.6 Å². The Morgan fingerprint density at radius 2 is 2.19 bits per heavy atom. The molecule has 0 spiro atoms. The highest BCUT2D eigenvalue weighted by Gasteiger charge is 2.41. The summed E-state index contributed by atoms with van der Waals surface area (Å²) in [6.07, 6.45) is 9.34. The maximum absolute atomic E-state index is 12.3.